The Hall–Kier alpha value is -2.22. The van der Waals surface area contributed by atoms with E-state index in [0.29, 0.717) is 17.1 Å². The van der Waals surface area contributed by atoms with Gasteiger partial charge in [0.25, 0.3) is 5.96 Å². The van der Waals surface area contributed by atoms with Crippen LogP contribution in [0, 0.1) is 10.1 Å². The van der Waals surface area contributed by atoms with Gasteiger partial charge in [-0.2, -0.15) is 0 Å². The molecule has 0 bridgehead atoms. The van der Waals surface area contributed by atoms with Gasteiger partial charge in [0, 0.05) is 20.3 Å². The summed E-state index contributed by atoms with van der Waals surface area (Å²) in [7, 11) is 3.11. The lowest BCUT2D eigenvalue weighted by Crippen LogP contribution is -2.40. The second-order valence-electron chi connectivity index (χ2n) is 3.75. The number of hydrogen-bond acceptors (Lipinski definition) is 4. The SMILES string of the molecule is CN(C)/C(=N\[N+](=O)[O-])N(C=O)Cc1ccc(Cl)nc1. The number of nitrogens with zero attached hydrogens (tertiary/aromatic N) is 5. The number of carbonyl (C=O) groups is 1. The Kier molecular flexibility index (Phi) is 5.19. The quantitative estimate of drug-likeness (QED) is 0.204. The van der Waals surface area contributed by atoms with E-state index in [1.165, 1.54) is 11.1 Å². The molecule has 1 aromatic heterocycles. The topological polar surface area (TPSA) is 91.9 Å². The van der Waals surface area contributed by atoms with Crippen molar-refractivity contribution in [3.8, 4) is 0 Å². The van der Waals surface area contributed by atoms with Crippen LogP contribution in [0.4, 0.5) is 0 Å². The molecule has 0 radical (unpaired) electrons. The van der Waals surface area contributed by atoms with E-state index < -0.39 is 5.03 Å². The van der Waals surface area contributed by atoms with Crippen LogP contribution in [0.5, 0.6) is 0 Å². The molecule has 1 heterocycles. The number of rotatable bonds is 4. The number of nitro groups is 1. The van der Waals surface area contributed by atoms with E-state index >= 15 is 0 Å². The zero-order chi connectivity index (χ0) is 14.4. The Morgan fingerprint density at radius 2 is 2.26 bits per heavy atom. The molecule has 0 unspecified atom stereocenters. The monoisotopic (exact) mass is 285 g/mol. The third kappa shape index (κ3) is 4.51. The Bertz CT molecular complexity index is 488. The van der Waals surface area contributed by atoms with Crippen LogP contribution >= 0.6 is 11.6 Å². The molecule has 9 heteroatoms. The average molecular weight is 286 g/mol. The van der Waals surface area contributed by atoms with Gasteiger partial charge in [-0.05, 0) is 11.6 Å². The molecule has 0 aliphatic carbocycles. The smallest absolute Gasteiger partial charge is 0.280 e. The standard InChI is InChI=1S/C10H12ClN5O3/c1-14(2)10(13-16(18)19)15(7-17)6-8-3-4-9(11)12-5-8/h3-5,7H,6H2,1-2H3/b13-10+. The predicted octanol–water partition coefficient (Wildman–Crippen LogP) is 0.803. The van der Waals surface area contributed by atoms with Gasteiger partial charge in [0.15, 0.2) is 5.03 Å². The van der Waals surface area contributed by atoms with Crippen molar-refractivity contribution >= 4 is 24.0 Å². The first-order valence-electron chi connectivity index (χ1n) is 5.16. The Labute approximate surface area is 114 Å². The van der Waals surface area contributed by atoms with Crippen molar-refractivity contribution in [2.45, 2.75) is 6.54 Å². The van der Waals surface area contributed by atoms with Gasteiger partial charge < -0.3 is 4.90 Å². The van der Waals surface area contributed by atoms with Gasteiger partial charge in [-0.15, -0.1) is 0 Å². The number of halogens is 1. The van der Waals surface area contributed by atoms with Crippen LogP contribution in [0.2, 0.25) is 5.15 Å². The first-order valence-corrected chi connectivity index (χ1v) is 5.54. The Morgan fingerprint density at radius 3 is 2.68 bits per heavy atom. The molecule has 0 N–H and O–H groups in total. The van der Waals surface area contributed by atoms with Crippen molar-refractivity contribution in [2.24, 2.45) is 5.10 Å². The highest BCUT2D eigenvalue weighted by molar-refractivity contribution is 6.29. The lowest BCUT2D eigenvalue weighted by Gasteiger charge is -2.22. The summed E-state index contributed by atoms with van der Waals surface area (Å²) in [6.45, 7) is 0.110. The van der Waals surface area contributed by atoms with E-state index in [9.17, 15) is 14.9 Å². The number of aromatic nitrogens is 1. The summed E-state index contributed by atoms with van der Waals surface area (Å²) >= 11 is 5.65. The predicted molar refractivity (Wildman–Crippen MR) is 69.0 cm³/mol. The molecule has 0 saturated carbocycles. The van der Waals surface area contributed by atoms with Gasteiger partial charge in [-0.25, -0.2) is 15.1 Å². The van der Waals surface area contributed by atoms with E-state index in [1.54, 1.807) is 26.2 Å². The van der Waals surface area contributed by atoms with E-state index in [-0.39, 0.29) is 12.5 Å². The minimum Gasteiger partial charge on any atom is -0.343 e. The van der Waals surface area contributed by atoms with Crippen molar-refractivity contribution in [1.29, 1.82) is 0 Å². The molecule has 0 aliphatic rings. The van der Waals surface area contributed by atoms with Crippen LogP contribution in [0.25, 0.3) is 0 Å². The van der Waals surface area contributed by atoms with Crippen molar-refractivity contribution < 1.29 is 9.83 Å². The summed E-state index contributed by atoms with van der Waals surface area (Å²) < 4.78 is 0. The molecule has 0 aliphatic heterocycles. The zero-order valence-electron chi connectivity index (χ0n) is 10.4. The zero-order valence-corrected chi connectivity index (χ0v) is 11.1. The average Bonchev–Trinajstić information content (AvgIpc) is 2.35. The van der Waals surface area contributed by atoms with E-state index in [0.717, 1.165) is 4.90 Å². The molecule has 0 saturated heterocycles. The molecule has 102 valence electrons. The first-order chi connectivity index (χ1) is 8.93. The molecular formula is C10H12ClN5O3. The fraction of sp³-hybridized carbons (Fsp3) is 0.300. The Morgan fingerprint density at radius 1 is 1.58 bits per heavy atom. The third-order valence-corrected chi connectivity index (χ3v) is 2.32. The van der Waals surface area contributed by atoms with E-state index in [2.05, 4.69) is 10.1 Å². The molecular weight excluding hydrogens is 274 g/mol. The molecule has 8 nitrogen and oxygen atoms in total. The van der Waals surface area contributed by atoms with Crippen molar-refractivity contribution in [2.75, 3.05) is 14.1 Å². The first kappa shape index (κ1) is 14.8. The summed E-state index contributed by atoms with van der Waals surface area (Å²) in [5.41, 5.74) is 0.675. The number of pyridine rings is 1. The third-order valence-electron chi connectivity index (χ3n) is 2.10. The maximum Gasteiger partial charge on any atom is 0.280 e. The van der Waals surface area contributed by atoms with Crippen LogP contribution in [-0.2, 0) is 11.3 Å². The minimum absolute atomic E-state index is 0.0741. The summed E-state index contributed by atoms with van der Waals surface area (Å²) in [5, 5.41) is 13.1. The van der Waals surface area contributed by atoms with Crippen LogP contribution in [0.15, 0.2) is 23.4 Å². The normalized spacial score (nSPS) is 11.0. The fourth-order valence-corrected chi connectivity index (χ4v) is 1.44. The molecule has 1 rings (SSSR count). The lowest BCUT2D eigenvalue weighted by molar-refractivity contribution is -0.486. The molecule has 0 spiro atoms. The number of guanidine groups is 1. The van der Waals surface area contributed by atoms with Gasteiger partial charge in [0.05, 0.1) is 6.54 Å². The molecule has 0 fully saturated rings. The van der Waals surface area contributed by atoms with Gasteiger partial charge >= 0.3 is 0 Å². The number of hydrogen-bond donors (Lipinski definition) is 0. The maximum absolute atomic E-state index is 11.1. The van der Waals surface area contributed by atoms with Gasteiger partial charge in [0.1, 0.15) is 10.3 Å². The summed E-state index contributed by atoms with van der Waals surface area (Å²) in [6, 6.07) is 3.24. The van der Waals surface area contributed by atoms with Gasteiger partial charge in [-0.1, -0.05) is 17.7 Å². The van der Waals surface area contributed by atoms with Gasteiger partial charge in [-0.3, -0.25) is 9.69 Å². The maximum atomic E-state index is 11.1. The fourth-order valence-electron chi connectivity index (χ4n) is 1.33. The molecule has 1 amide bonds. The highest BCUT2D eigenvalue weighted by atomic mass is 35.5. The summed E-state index contributed by atoms with van der Waals surface area (Å²) in [4.78, 5) is 27.9. The van der Waals surface area contributed by atoms with Crippen molar-refractivity contribution in [3.05, 3.63) is 39.2 Å². The Balaban J connectivity index is 2.95. The van der Waals surface area contributed by atoms with Crippen LogP contribution in [0.1, 0.15) is 5.56 Å². The second-order valence-corrected chi connectivity index (χ2v) is 4.14. The van der Waals surface area contributed by atoms with Crippen molar-refractivity contribution in [3.63, 3.8) is 0 Å². The number of hydrazone groups is 1. The van der Waals surface area contributed by atoms with Crippen LogP contribution < -0.4 is 0 Å². The molecule has 0 aromatic carbocycles. The molecule has 0 atom stereocenters. The molecule has 19 heavy (non-hydrogen) atoms. The second kappa shape index (κ2) is 6.64. The largest absolute Gasteiger partial charge is 0.343 e. The number of carbonyl (C=O) groups excluding carboxylic acids is 1. The summed E-state index contributed by atoms with van der Waals surface area (Å²) in [5.74, 6) is -0.0741. The van der Waals surface area contributed by atoms with E-state index in [1.807, 2.05) is 0 Å². The lowest BCUT2D eigenvalue weighted by atomic mass is 10.3. The van der Waals surface area contributed by atoms with Crippen LogP contribution in [0.3, 0.4) is 0 Å². The number of amides is 1. The highest BCUT2D eigenvalue weighted by Gasteiger charge is 2.17. The van der Waals surface area contributed by atoms with E-state index in [4.69, 9.17) is 11.6 Å². The minimum atomic E-state index is -0.855. The summed E-state index contributed by atoms with van der Waals surface area (Å²) in [6.07, 6.45) is 1.95. The van der Waals surface area contributed by atoms with Crippen LogP contribution in [-0.4, -0.2) is 46.3 Å². The van der Waals surface area contributed by atoms with Gasteiger partial charge in [0.2, 0.25) is 6.41 Å². The highest BCUT2D eigenvalue weighted by Crippen LogP contribution is 2.08. The van der Waals surface area contributed by atoms with Crippen molar-refractivity contribution in [1.82, 2.24) is 14.8 Å². The molecule has 1 aromatic rings.